The average Bonchev–Trinajstić information content (AvgIpc) is 1.94. The first-order valence-electron chi connectivity index (χ1n) is 6.22. The summed E-state index contributed by atoms with van der Waals surface area (Å²) in [5, 5.41) is 1.71. The lowest BCUT2D eigenvalue weighted by Crippen LogP contribution is -2.58. The number of hydroxylamine groups is 2. The summed E-state index contributed by atoms with van der Waals surface area (Å²) in [7, 11) is 1.72. The zero-order valence-corrected chi connectivity index (χ0v) is 16.6. The molecule has 0 amide bonds. The van der Waals surface area contributed by atoms with Gasteiger partial charge in [-0.15, -0.1) is 0 Å². The van der Waals surface area contributed by atoms with E-state index >= 15 is 0 Å². The van der Waals surface area contributed by atoms with Gasteiger partial charge < -0.3 is 17.3 Å². The lowest BCUT2D eigenvalue weighted by Gasteiger charge is -2.40. The zero-order chi connectivity index (χ0) is 14.8. The van der Waals surface area contributed by atoms with E-state index in [1.807, 2.05) is 14.1 Å². The molecule has 8 heteroatoms. The Balaban J connectivity index is 4.65. The van der Waals surface area contributed by atoms with Crippen molar-refractivity contribution >= 4 is 25.6 Å². The molecular weight excluding hydrogens is 280 g/mol. The summed E-state index contributed by atoms with van der Waals surface area (Å²) in [6, 6.07) is 0. The van der Waals surface area contributed by atoms with Crippen LogP contribution in [0.2, 0.25) is 39.3 Å². The summed E-state index contributed by atoms with van der Waals surface area (Å²) in [4.78, 5) is 0. The Morgan fingerprint density at radius 2 is 1.11 bits per heavy atom. The van der Waals surface area contributed by atoms with Gasteiger partial charge in [0, 0.05) is 14.1 Å². The summed E-state index contributed by atoms with van der Waals surface area (Å²) in [5.74, 6) is 0. The molecule has 18 heavy (non-hydrogen) atoms. The van der Waals surface area contributed by atoms with Gasteiger partial charge in [-0.05, 0) is 53.4 Å². The van der Waals surface area contributed by atoms with Crippen LogP contribution < -0.4 is 0 Å². The van der Waals surface area contributed by atoms with Crippen molar-refractivity contribution in [3.05, 3.63) is 0 Å². The molecule has 0 aliphatic heterocycles. The van der Waals surface area contributed by atoms with Gasteiger partial charge in [-0.2, -0.15) is 0 Å². The molecule has 0 aromatic rings. The molecular formula is C10H30N2O3Si3. The molecule has 0 fully saturated rings. The lowest BCUT2D eigenvalue weighted by molar-refractivity contribution is -0.0342. The minimum Gasteiger partial charge on any atom is -0.424 e. The number of hydrogen-bond acceptors (Lipinski definition) is 5. The molecule has 0 spiro atoms. The van der Waals surface area contributed by atoms with Crippen molar-refractivity contribution in [3.8, 4) is 0 Å². The van der Waals surface area contributed by atoms with Crippen molar-refractivity contribution in [2.45, 2.75) is 39.3 Å². The first-order chi connectivity index (χ1) is 7.77. The van der Waals surface area contributed by atoms with Crippen LogP contribution in [0.1, 0.15) is 0 Å². The van der Waals surface area contributed by atoms with E-state index < -0.39 is 25.6 Å². The maximum absolute atomic E-state index is 6.32. The second-order valence-electron chi connectivity index (χ2n) is 6.25. The van der Waals surface area contributed by atoms with E-state index in [4.69, 9.17) is 12.8 Å². The molecule has 0 aromatic heterocycles. The summed E-state index contributed by atoms with van der Waals surface area (Å²) < 4.78 is 20.5. The molecule has 0 unspecified atom stereocenters. The molecule has 0 atom stereocenters. The fourth-order valence-corrected chi connectivity index (χ4v) is 13.6. The first-order valence-corrected chi connectivity index (χ1v) is 14.7. The highest BCUT2D eigenvalue weighted by molar-refractivity contribution is 6.85. The molecule has 0 heterocycles. The fourth-order valence-electron chi connectivity index (χ4n) is 1.76. The van der Waals surface area contributed by atoms with E-state index in [1.54, 1.807) is 5.06 Å². The Labute approximate surface area is 116 Å². The van der Waals surface area contributed by atoms with Gasteiger partial charge in [0.25, 0.3) is 8.48 Å². The van der Waals surface area contributed by atoms with Crippen molar-refractivity contribution in [1.82, 2.24) is 9.63 Å². The van der Waals surface area contributed by atoms with E-state index in [0.717, 1.165) is 0 Å². The molecule has 0 radical (unpaired) electrons. The Kier molecular flexibility index (Phi) is 6.42. The monoisotopic (exact) mass is 310 g/mol. The number of rotatable bonds is 7. The Bertz CT molecular complexity index is 271. The number of nitrogens with zero attached hydrogens (tertiary/aromatic N) is 2. The third kappa shape index (κ3) is 7.14. The van der Waals surface area contributed by atoms with Crippen LogP contribution in [-0.4, -0.2) is 63.4 Å². The van der Waals surface area contributed by atoms with Gasteiger partial charge in [-0.1, -0.05) is 0 Å². The van der Waals surface area contributed by atoms with Crippen LogP contribution in [0, 0.1) is 0 Å². The van der Waals surface area contributed by atoms with Gasteiger partial charge >= 0.3 is 17.1 Å². The minimum atomic E-state index is -2.17. The van der Waals surface area contributed by atoms with Crippen molar-refractivity contribution in [2.24, 2.45) is 0 Å². The summed E-state index contributed by atoms with van der Waals surface area (Å²) in [6.07, 6.45) is 0. The van der Waals surface area contributed by atoms with Gasteiger partial charge in [0.15, 0.2) is 0 Å². The van der Waals surface area contributed by atoms with Gasteiger partial charge in [-0.3, -0.25) is 0 Å². The fraction of sp³-hybridized carbons (Fsp3) is 1.00. The molecule has 0 N–H and O–H groups in total. The Hall–Kier alpha value is 0.451. The zero-order valence-electron chi connectivity index (χ0n) is 13.6. The SMILES string of the molecule is CN(C)O[Si](C)(C)O[Si](C)(C)O[Si](C)(C)N(C)C. The molecule has 0 bridgehead atoms. The van der Waals surface area contributed by atoms with Crippen LogP contribution in [0.4, 0.5) is 0 Å². The van der Waals surface area contributed by atoms with Gasteiger partial charge in [-0.25, -0.2) is 5.06 Å². The predicted octanol–water partition coefficient (Wildman–Crippen LogP) is 2.18. The predicted molar refractivity (Wildman–Crippen MR) is 83.1 cm³/mol. The van der Waals surface area contributed by atoms with Crippen molar-refractivity contribution in [2.75, 3.05) is 28.2 Å². The van der Waals surface area contributed by atoms with E-state index in [2.05, 4.69) is 57.9 Å². The smallest absolute Gasteiger partial charge is 0.343 e. The Morgan fingerprint density at radius 3 is 1.44 bits per heavy atom. The highest BCUT2D eigenvalue weighted by Crippen LogP contribution is 2.22. The quantitative estimate of drug-likeness (QED) is 0.532. The minimum absolute atomic E-state index is 1.71. The van der Waals surface area contributed by atoms with Crippen LogP contribution in [-0.2, 0) is 12.8 Å². The van der Waals surface area contributed by atoms with E-state index in [0.29, 0.717) is 0 Å². The molecule has 0 saturated heterocycles. The van der Waals surface area contributed by atoms with Crippen LogP contribution in [0.15, 0.2) is 0 Å². The summed E-state index contributed by atoms with van der Waals surface area (Å²) in [6.45, 7) is 12.7. The van der Waals surface area contributed by atoms with Crippen molar-refractivity contribution in [3.63, 3.8) is 0 Å². The third-order valence-corrected chi connectivity index (χ3v) is 13.3. The second kappa shape index (κ2) is 6.27. The highest BCUT2D eigenvalue weighted by atomic mass is 28.5. The molecule has 0 aliphatic rings. The van der Waals surface area contributed by atoms with Crippen LogP contribution in [0.5, 0.6) is 0 Å². The molecule has 110 valence electrons. The third-order valence-electron chi connectivity index (χ3n) is 2.47. The van der Waals surface area contributed by atoms with Crippen LogP contribution in [0.25, 0.3) is 0 Å². The standard InChI is InChI=1S/C10H30N2O3Si3/c1-11(2)13-17(7,8)15-18(9,10)14-16(5,6)12(3)4/h1-10H3. The lowest BCUT2D eigenvalue weighted by atomic mass is 11.2. The van der Waals surface area contributed by atoms with Crippen LogP contribution in [0.3, 0.4) is 0 Å². The van der Waals surface area contributed by atoms with E-state index in [9.17, 15) is 0 Å². The topological polar surface area (TPSA) is 34.2 Å². The second-order valence-corrected chi connectivity index (χ2v) is 17.5. The maximum Gasteiger partial charge on any atom is 0.343 e. The first kappa shape index (κ1) is 18.5. The van der Waals surface area contributed by atoms with Crippen molar-refractivity contribution < 1.29 is 12.8 Å². The molecule has 0 aliphatic carbocycles. The summed E-state index contributed by atoms with van der Waals surface area (Å²) >= 11 is 0. The molecule has 0 rings (SSSR count). The average molecular weight is 311 g/mol. The van der Waals surface area contributed by atoms with E-state index in [1.165, 1.54) is 0 Å². The van der Waals surface area contributed by atoms with E-state index in [-0.39, 0.29) is 0 Å². The van der Waals surface area contributed by atoms with Gasteiger partial charge in [0.1, 0.15) is 0 Å². The maximum atomic E-state index is 6.32. The van der Waals surface area contributed by atoms with Crippen LogP contribution >= 0.6 is 0 Å². The summed E-state index contributed by atoms with van der Waals surface area (Å²) in [5.41, 5.74) is 0. The normalized spacial score (nSPS) is 14.7. The van der Waals surface area contributed by atoms with Gasteiger partial charge in [0.2, 0.25) is 0 Å². The number of hydrogen-bond donors (Lipinski definition) is 0. The molecule has 0 aromatic carbocycles. The molecule has 0 saturated carbocycles. The largest absolute Gasteiger partial charge is 0.424 e. The molecule has 5 nitrogen and oxygen atoms in total. The Morgan fingerprint density at radius 1 is 0.667 bits per heavy atom. The highest BCUT2D eigenvalue weighted by Gasteiger charge is 2.42. The van der Waals surface area contributed by atoms with Gasteiger partial charge in [0.05, 0.1) is 0 Å². The van der Waals surface area contributed by atoms with Crippen molar-refractivity contribution in [1.29, 1.82) is 0 Å².